The number of carbonyl (C=O) groups excluding carboxylic acids is 1. The fraction of sp³-hybridized carbons (Fsp3) is 0.643. The molecule has 0 aliphatic carbocycles. The van der Waals surface area contributed by atoms with Crippen LogP contribution in [0.4, 0.5) is 4.79 Å². The third kappa shape index (κ3) is 4.47. The van der Waals surface area contributed by atoms with Gasteiger partial charge in [0.15, 0.2) is 0 Å². The lowest BCUT2D eigenvalue weighted by molar-refractivity contribution is -0.150. The van der Waals surface area contributed by atoms with Gasteiger partial charge in [-0.15, -0.1) is 0 Å². The third-order valence-corrected chi connectivity index (χ3v) is 3.93. The highest BCUT2D eigenvalue weighted by atomic mass is 16.4. The molecule has 0 saturated carbocycles. The van der Waals surface area contributed by atoms with Crippen LogP contribution in [0, 0.1) is 5.41 Å². The monoisotopic (exact) mass is 296 g/mol. The number of nitrogens with zero attached hydrogens (tertiary/aromatic N) is 2. The van der Waals surface area contributed by atoms with Crippen molar-refractivity contribution in [2.75, 3.05) is 6.54 Å². The van der Waals surface area contributed by atoms with Crippen molar-refractivity contribution in [3.8, 4) is 0 Å². The quantitative estimate of drug-likeness (QED) is 0.664. The van der Waals surface area contributed by atoms with Gasteiger partial charge in [-0.05, 0) is 40.2 Å². The number of aromatic nitrogens is 2. The number of amides is 2. The molecule has 0 atom stereocenters. The Balaban J connectivity index is 2.37. The number of carbonyl (C=O) groups is 2. The number of carboxylic acid groups (broad SMARTS) is 1. The molecule has 1 heterocycles. The molecule has 0 unspecified atom stereocenters. The highest BCUT2D eigenvalue weighted by molar-refractivity contribution is 5.79. The van der Waals surface area contributed by atoms with Crippen molar-refractivity contribution in [2.45, 2.75) is 46.2 Å². The Labute approximate surface area is 124 Å². The Hall–Kier alpha value is -2.05. The lowest BCUT2D eigenvalue weighted by Gasteiger charge is -2.38. The summed E-state index contributed by atoms with van der Waals surface area (Å²) in [6.07, 6.45) is 4.31. The standard InChI is InChI=1S/C14H24N4O3/c1-13(2,11(19)20)14(3,4)17-12(21)15-7-5-9-18-10-6-8-16-18/h6,8,10H,5,7,9H2,1-4H3,(H,19,20)(H2,15,17,21). The number of hydrogen-bond acceptors (Lipinski definition) is 3. The Bertz CT molecular complexity index is 480. The molecule has 0 saturated heterocycles. The van der Waals surface area contributed by atoms with E-state index in [4.69, 9.17) is 0 Å². The maximum Gasteiger partial charge on any atom is 0.315 e. The second-order valence-electron chi connectivity index (χ2n) is 6.06. The molecule has 3 N–H and O–H groups in total. The van der Waals surface area contributed by atoms with Crippen molar-refractivity contribution in [3.05, 3.63) is 18.5 Å². The molecular formula is C14H24N4O3. The summed E-state index contributed by atoms with van der Waals surface area (Å²) in [4.78, 5) is 23.1. The van der Waals surface area contributed by atoms with E-state index in [1.807, 2.05) is 12.3 Å². The van der Waals surface area contributed by atoms with E-state index in [-0.39, 0.29) is 6.03 Å². The van der Waals surface area contributed by atoms with E-state index in [1.54, 1.807) is 38.6 Å². The molecule has 0 aliphatic heterocycles. The van der Waals surface area contributed by atoms with Crippen molar-refractivity contribution in [1.29, 1.82) is 0 Å². The van der Waals surface area contributed by atoms with Gasteiger partial charge in [0.25, 0.3) is 0 Å². The summed E-state index contributed by atoms with van der Waals surface area (Å²) in [5, 5.41) is 18.7. The van der Waals surface area contributed by atoms with E-state index < -0.39 is 16.9 Å². The Morgan fingerprint density at radius 2 is 1.95 bits per heavy atom. The Kier molecular flexibility index (Phi) is 5.34. The van der Waals surface area contributed by atoms with E-state index in [0.717, 1.165) is 13.0 Å². The fourth-order valence-electron chi connectivity index (χ4n) is 1.63. The third-order valence-electron chi connectivity index (χ3n) is 3.93. The first kappa shape index (κ1) is 17.0. The first-order valence-corrected chi connectivity index (χ1v) is 6.93. The highest BCUT2D eigenvalue weighted by Crippen LogP contribution is 2.30. The van der Waals surface area contributed by atoms with Gasteiger partial charge in [0.2, 0.25) is 0 Å². The van der Waals surface area contributed by atoms with Gasteiger partial charge in [-0.25, -0.2) is 4.79 Å². The molecule has 21 heavy (non-hydrogen) atoms. The van der Waals surface area contributed by atoms with Crippen LogP contribution >= 0.6 is 0 Å². The summed E-state index contributed by atoms with van der Waals surface area (Å²) in [6, 6.07) is 1.48. The number of rotatable bonds is 7. The van der Waals surface area contributed by atoms with E-state index in [0.29, 0.717) is 6.54 Å². The predicted molar refractivity (Wildman–Crippen MR) is 78.9 cm³/mol. The molecule has 2 amide bonds. The van der Waals surface area contributed by atoms with E-state index in [2.05, 4.69) is 15.7 Å². The molecule has 1 aromatic rings. The molecule has 1 rings (SSSR count). The normalized spacial score (nSPS) is 12.0. The number of urea groups is 1. The molecule has 0 spiro atoms. The summed E-state index contributed by atoms with van der Waals surface area (Å²) in [6.45, 7) is 7.79. The summed E-state index contributed by atoms with van der Waals surface area (Å²) in [5.41, 5.74) is -1.94. The van der Waals surface area contributed by atoms with Crippen LogP contribution in [-0.2, 0) is 11.3 Å². The van der Waals surface area contributed by atoms with Gasteiger partial charge < -0.3 is 15.7 Å². The Morgan fingerprint density at radius 1 is 1.29 bits per heavy atom. The zero-order valence-corrected chi connectivity index (χ0v) is 13.0. The zero-order chi connectivity index (χ0) is 16.1. The summed E-state index contributed by atoms with van der Waals surface area (Å²) in [5.74, 6) is -0.952. The summed E-state index contributed by atoms with van der Waals surface area (Å²) < 4.78 is 1.79. The van der Waals surface area contributed by atoms with E-state index in [1.165, 1.54) is 0 Å². The van der Waals surface area contributed by atoms with Gasteiger partial charge in [-0.1, -0.05) is 0 Å². The lowest BCUT2D eigenvalue weighted by Crippen LogP contribution is -2.59. The fourth-order valence-corrected chi connectivity index (χ4v) is 1.63. The van der Waals surface area contributed by atoms with Crippen molar-refractivity contribution >= 4 is 12.0 Å². The topological polar surface area (TPSA) is 96.3 Å². The van der Waals surface area contributed by atoms with E-state index >= 15 is 0 Å². The largest absolute Gasteiger partial charge is 0.481 e. The molecule has 7 heteroatoms. The summed E-state index contributed by atoms with van der Waals surface area (Å²) >= 11 is 0. The van der Waals surface area contributed by atoms with Gasteiger partial charge in [-0.3, -0.25) is 9.48 Å². The first-order valence-electron chi connectivity index (χ1n) is 6.93. The Morgan fingerprint density at radius 3 is 2.48 bits per heavy atom. The average Bonchev–Trinajstić information content (AvgIpc) is 2.86. The van der Waals surface area contributed by atoms with E-state index in [9.17, 15) is 14.7 Å². The van der Waals surface area contributed by atoms with Crippen LogP contribution in [-0.4, -0.2) is 39.0 Å². The van der Waals surface area contributed by atoms with Crippen LogP contribution in [0.1, 0.15) is 34.1 Å². The van der Waals surface area contributed by atoms with Gasteiger partial charge in [0.1, 0.15) is 0 Å². The number of carboxylic acids is 1. The smallest absolute Gasteiger partial charge is 0.315 e. The number of aliphatic carboxylic acids is 1. The van der Waals surface area contributed by atoms with Crippen LogP contribution in [0.15, 0.2) is 18.5 Å². The second kappa shape index (κ2) is 6.60. The predicted octanol–water partition coefficient (Wildman–Crippen LogP) is 1.46. The molecular weight excluding hydrogens is 272 g/mol. The molecule has 0 bridgehead atoms. The minimum atomic E-state index is -1.07. The van der Waals surface area contributed by atoms with Crippen LogP contribution < -0.4 is 10.6 Å². The SMILES string of the molecule is CC(C)(NC(=O)NCCCn1cccn1)C(C)(C)C(=O)O. The average molecular weight is 296 g/mol. The molecule has 0 fully saturated rings. The maximum absolute atomic E-state index is 11.9. The van der Waals surface area contributed by atoms with Gasteiger partial charge in [0.05, 0.1) is 11.0 Å². The molecule has 0 aliphatic rings. The minimum Gasteiger partial charge on any atom is -0.481 e. The first-order chi connectivity index (χ1) is 9.67. The van der Waals surface area contributed by atoms with Gasteiger partial charge in [-0.2, -0.15) is 5.10 Å². The number of nitrogens with one attached hydrogen (secondary N) is 2. The van der Waals surface area contributed by atoms with Gasteiger partial charge in [0, 0.05) is 25.5 Å². The number of aryl methyl sites for hydroxylation is 1. The minimum absolute atomic E-state index is 0.366. The molecule has 1 aromatic heterocycles. The van der Waals surface area contributed by atoms with Crippen molar-refractivity contribution in [3.63, 3.8) is 0 Å². The molecule has 7 nitrogen and oxygen atoms in total. The molecule has 118 valence electrons. The van der Waals surface area contributed by atoms with Crippen molar-refractivity contribution in [1.82, 2.24) is 20.4 Å². The maximum atomic E-state index is 11.9. The molecule has 0 radical (unpaired) electrons. The van der Waals surface area contributed by atoms with Gasteiger partial charge >= 0.3 is 12.0 Å². The summed E-state index contributed by atoms with van der Waals surface area (Å²) in [7, 11) is 0. The number of hydrogen-bond donors (Lipinski definition) is 3. The van der Waals surface area contributed by atoms with Crippen LogP contribution in [0.5, 0.6) is 0 Å². The van der Waals surface area contributed by atoms with Crippen molar-refractivity contribution in [2.24, 2.45) is 5.41 Å². The second-order valence-corrected chi connectivity index (χ2v) is 6.06. The lowest BCUT2D eigenvalue weighted by atomic mass is 9.74. The van der Waals surface area contributed by atoms with Crippen LogP contribution in [0.25, 0.3) is 0 Å². The van der Waals surface area contributed by atoms with Crippen LogP contribution in [0.3, 0.4) is 0 Å². The van der Waals surface area contributed by atoms with Crippen molar-refractivity contribution < 1.29 is 14.7 Å². The zero-order valence-electron chi connectivity index (χ0n) is 13.0. The molecule has 0 aromatic carbocycles. The van der Waals surface area contributed by atoms with Crippen LogP contribution in [0.2, 0.25) is 0 Å². The highest BCUT2D eigenvalue weighted by Gasteiger charge is 2.44.